The van der Waals surface area contributed by atoms with Crippen LogP contribution in [-0.4, -0.2) is 31.7 Å². The first-order chi connectivity index (χ1) is 9.74. The summed E-state index contributed by atoms with van der Waals surface area (Å²) in [6, 6.07) is 5.94. The van der Waals surface area contributed by atoms with Gasteiger partial charge in [-0.3, -0.25) is 10.1 Å². The van der Waals surface area contributed by atoms with Crippen molar-refractivity contribution in [3.8, 4) is 11.5 Å². The third-order valence-electron chi connectivity index (χ3n) is 3.80. The number of rotatable bonds is 3. The number of benzene rings is 1. The molecule has 1 aromatic rings. The molecule has 2 atom stereocenters. The molecule has 3 rings (SSSR count). The fraction of sp³-hybridized carbons (Fsp3) is 0.533. The van der Waals surface area contributed by atoms with E-state index >= 15 is 0 Å². The standard InChI is InChI=1S/C15H20N2O3/c1-10(17-12-3-2-6-16-15(12)18)11-4-5-13-14(9-11)20-8-7-19-13/h4-5,9-10,12,17H,2-3,6-8H2,1H3,(H,16,18). The third kappa shape index (κ3) is 2.72. The van der Waals surface area contributed by atoms with Crippen molar-refractivity contribution >= 4 is 5.91 Å². The number of ether oxygens (including phenoxy) is 2. The van der Waals surface area contributed by atoms with Gasteiger partial charge in [0.15, 0.2) is 11.5 Å². The van der Waals surface area contributed by atoms with E-state index in [4.69, 9.17) is 9.47 Å². The summed E-state index contributed by atoms with van der Waals surface area (Å²) in [5.41, 5.74) is 1.10. The van der Waals surface area contributed by atoms with Crippen LogP contribution in [0.1, 0.15) is 31.4 Å². The summed E-state index contributed by atoms with van der Waals surface area (Å²) in [6.07, 6.45) is 1.91. The maximum atomic E-state index is 11.8. The SMILES string of the molecule is CC(NC1CCCNC1=O)c1ccc2c(c1)OCCO2. The van der Waals surface area contributed by atoms with E-state index in [0.29, 0.717) is 13.2 Å². The van der Waals surface area contributed by atoms with Gasteiger partial charge in [0.05, 0.1) is 6.04 Å². The van der Waals surface area contributed by atoms with E-state index in [1.807, 2.05) is 18.2 Å². The first kappa shape index (κ1) is 13.2. The average molecular weight is 276 g/mol. The quantitative estimate of drug-likeness (QED) is 0.876. The smallest absolute Gasteiger partial charge is 0.237 e. The molecule has 108 valence electrons. The minimum atomic E-state index is -0.105. The molecule has 0 bridgehead atoms. The molecule has 1 amide bonds. The summed E-state index contributed by atoms with van der Waals surface area (Å²) in [6.45, 7) is 4.04. The van der Waals surface area contributed by atoms with Crippen molar-refractivity contribution in [1.82, 2.24) is 10.6 Å². The molecule has 2 N–H and O–H groups in total. The zero-order valence-electron chi connectivity index (χ0n) is 11.6. The van der Waals surface area contributed by atoms with E-state index < -0.39 is 0 Å². The number of carbonyl (C=O) groups is 1. The van der Waals surface area contributed by atoms with Crippen LogP contribution < -0.4 is 20.1 Å². The van der Waals surface area contributed by atoms with E-state index in [1.54, 1.807) is 0 Å². The zero-order valence-corrected chi connectivity index (χ0v) is 11.6. The number of fused-ring (bicyclic) bond motifs is 1. The number of amides is 1. The zero-order chi connectivity index (χ0) is 13.9. The summed E-state index contributed by atoms with van der Waals surface area (Å²) in [5, 5.41) is 6.28. The molecule has 5 heteroatoms. The van der Waals surface area contributed by atoms with Crippen LogP contribution in [0.3, 0.4) is 0 Å². The lowest BCUT2D eigenvalue weighted by Crippen LogP contribution is -2.48. The van der Waals surface area contributed by atoms with Crippen molar-refractivity contribution in [3.05, 3.63) is 23.8 Å². The van der Waals surface area contributed by atoms with E-state index in [-0.39, 0.29) is 18.0 Å². The molecular formula is C15H20N2O3. The Kier molecular flexibility index (Phi) is 3.78. The first-order valence-corrected chi connectivity index (χ1v) is 7.17. The highest BCUT2D eigenvalue weighted by atomic mass is 16.6. The average Bonchev–Trinajstić information content (AvgIpc) is 2.49. The van der Waals surface area contributed by atoms with Gasteiger partial charge >= 0.3 is 0 Å². The normalized spacial score (nSPS) is 23.1. The fourth-order valence-corrected chi connectivity index (χ4v) is 2.66. The predicted molar refractivity (Wildman–Crippen MR) is 75.0 cm³/mol. The molecule has 0 aromatic heterocycles. The summed E-state index contributed by atoms with van der Waals surface area (Å²) in [4.78, 5) is 11.8. The number of carbonyl (C=O) groups excluding carboxylic acids is 1. The second-order valence-corrected chi connectivity index (χ2v) is 5.28. The maximum Gasteiger partial charge on any atom is 0.237 e. The monoisotopic (exact) mass is 276 g/mol. The van der Waals surface area contributed by atoms with Crippen LogP contribution >= 0.6 is 0 Å². The number of hydrogen-bond donors (Lipinski definition) is 2. The molecule has 0 saturated carbocycles. The van der Waals surface area contributed by atoms with Crippen molar-refractivity contribution < 1.29 is 14.3 Å². The van der Waals surface area contributed by atoms with E-state index in [9.17, 15) is 4.79 Å². The molecule has 5 nitrogen and oxygen atoms in total. The Morgan fingerprint density at radius 2 is 2.10 bits per heavy atom. The Morgan fingerprint density at radius 1 is 1.30 bits per heavy atom. The second-order valence-electron chi connectivity index (χ2n) is 5.28. The Hall–Kier alpha value is -1.75. The molecule has 1 saturated heterocycles. The largest absolute Gasteiger partial charge is 0.486 e. The molecule has 0 spiro atoms. The minimum Gasteiger partial charge on any atom is -0.486 e. The highest BCUT2D eigenvalue weighted by Gasteiger charge is 2.24. The molecule has 0 radical (unpaired) electrons. The van der Waals surface area contributed by atoms with Crippen molar-refractivity contribution in [2.45, 2.75) is 31.8 Å². The van der Waals surface area contributed by atoms with Gasteiger partial charge in [-0.2, -0.15) is 0 Å². The molecule has 0 aliphatic carbocycles. The van der Waals surface area contributed by atoms with Gasteiger partial charge in [0.1, 0.15) is 13.2 Å². The van der Waals surface area contributed by atoms with Crippen LogP contribution in [0, 0.1) is 0 Å². The highest BCUT2D eigenvalue weighted by Crippen LogP contribution is 2.32. The topological polar surface area (TPSA) is 59.6 Å². The molecular weight excluding hydrogens is 256 g/mol. The number of nitrogens with one attached hydrogen (secondary N) is 2. The van der Waals surface area contributed by atoms with Crippen LogP contribution in [0.2, 0.25) is 0 Å². The van der Waals surface area contributed by atoms with Gasteiger partial charge in [-0.25, -0.2) is 0 Å². The van der Waals surface area contributed by atoms with E-state index in [1.165, 1.54) is 0 Å². The molecule has 1 fully saturated rings. The second kappa shape index (κ2) is 5.71. The lowest BCUT2D eigenvalue weighted by atomic mass is 10.0. The predicted octanol–water partition coefficient (Wildman–Crippen LogP) is 1.39. The molecule has 1 aromatic carbocycles. The van der Waals surface area contributed by atoms with Gasteiger partial charge in [-0.15, -0.1) is 0 Å². The number of piperidine rings is 1. The molecule has 2 aliphatic heterocycles. The van der Waals surface area contributed by atoms with Gasteiger partial charge in [0, 0.05) is 12.6 Å². The minimum absolute atomic E-state index is 0.0969. The number of hydrogen-bond acceptors (Lipinski definition) is 4. The first-order valence-electron chi connectivity index (χ1n) is 7.17. The van der Waals surface area contributed by atoms with Gasteiger partial charge in [-0.05, 0) is 37.5 Å². The lowest BCUT2D eigenvalue weighted by molar-refractivity contribution is -0.124. The van der Waals surface area contributed by atoms with Crippen molar-refractivity contribution in [3.63, 3.8) is 0 Å². The Balaban J connectivity index is 1.70. The van der Waals surface area contributed by atoms with Crippen molar-refractivity contribution in [2.75, 3.05) is 19.8 Å². The van der Waals surface area contributed by atoms with Crippen LogP contribution in [-0.2, 0) is 4.79 Å². The van der Waals surface area contributed by atoms with Crippen LogP contribution in [0.25, 0.3) is 0 Å². The highest BCUT2D eigenvalue weighted by molar-refractivity contribution is 5.82. The van der Waals surface area contributed by atoms with Gasteiger partial charge < -0.3 is 14.8 Å². The van der Waals surface area contributed by atoms with Crippen LogP contribution in [0.4, 0.5) is 0 Å². The fourth-order valence-electron chi connectivity index (χ4n) is 2.66. The maximum absolute atomic E-state index is 11.8. The van der Waals surface area contributed by atoms with E-state index in [0.717, 1.165) is 36.4 Å². The molecule has 2 heterocycles. The molecule has 2 aliphatic rings. The van der Waals surface area contributed by atoms with Gasteiger partial charge in [-0.1, -0.05) is 6.07 Å². The summed E-state index contributed by atoms with van der Waals surface area (Å²) < 4.78 is 11.1. The Labute approximate surface area is 118 Å². The van der Waals surface area contributed by atoms with Crippen molar-refractivity contribution in [1.29, 1.82) is 0 Å². The Morgan fingerprint density at radius 3 is 2.90 bits per heavy atom. The van der Waals surface area contributed by atoms with Gasteiger partial charge in [0.25, 0.3) is 0 Å². The van der Waals surface area contributed by atoms with Crippen molar-refractivity contribution in [2.24, 2.45) is 0 Å². The summed E-state index contributed by atoms with van der Waals surface area (Å²) >= 11 is 0. The molecule has 2 unspecified atom stereocenters. The van der Waals surface area contributed by atoms with Gasteiger partial charge in [0.2, 0.25) is 5.91 Å². The summed E-state index contributed by atoms with van der Waals surface area (Å²) in [5.74, 6) is 1.68. The lowest BCUT2D eigenvalue weighted by Gasteiger charge is -2.27. The summed E-state index contributed by atoms with van der Waals surface area (Å²) in [7, 11) is 0. The molecule has 20 heavy (non-hydrogen) atoms. The van der Waals surface area contributed by atoms with E-state index in [2.05, 4.69) is 17.6 Å². The van der Waals surface area contributed by atoms with Crippen LogP contribution in [0.5, 0.6) is 11.5 Å². The van der Waals surface area contributed by atoms with Crippen LogP contribution in [0.15, 0.2) is 18.2 Å². The Bertz CT molecular complexity index is 504. The third-order valence-corrected chi connectivity index (χ3v) is 3.80.